The van der Waals surface area contributed by atoms with Crippen molar-refractivity contribution in [3.63, 3.8) is 0 Å². The smallest absolute Gasteiger partial charge is 0.266 e. The average Bonchev–Trinajstić information content (AvgIpc) is 2.79. The van der Waals surface area contributed by atoms with Gasteiger partial charge < -0.3 is 10.1 Å². The molecule has 0 spiro atoms. The Kier molecular flexibility index (Phi) is 7.40. The number of anilines is 1. The number of carbonyl (C=O) groups is 1. The Bertz CT molecular complexity index is 1120. The topological polar surface area (TPSA) is 62.1 Å². The summed E-state index contributed by atoms with van der Waals surface area (Å²) >= 11 is 0. The summed E-state index contributed by atoms with van der Waals surface area (Å²) < 4.78 is 5.99. The molecule has 0 aliphatic carbocycles. The minimum absolute atomic E-state index is 0.0306. The molecule has 0 aromatic heterocycles. The number of hydrogen-bond acceptors (Lipinski definition) is 3. The molecule has 31 heavy (non-hydrogen) atoms. The molecule has 0 atom stereocenters. The second-order valence-electron chi connectivity index (χ2n) is 7.12. The van der Waals surface area contributed by atoms with Crippen LogP contribution >= 0.6 is 0 Å². The van der Waals surface area contributed by atoms with Crippen LogP contribution in [0.1, 0.15) is 22.3 Å². The van der Waals surface area contributed by atoms with Crippen LogP contribution in [0, 0.1) is 18.3 Å². The predicted molar refractivity (Wildman–Crippen MR) is 125 cm³/mol. The molecule has 0 saturated heterocycles. The number of nitrogens with one attached hydrogen (secondary N) is 1. The number of rotatable bonds is 8. The fourth-order valence-electron chi connectivity index (χ4n) is 3.03. The molecular formula is C27H24N2O2. The number of ether oxygens (including phenoxy) is 1. The number of nitriles is 1. The molecule has 0 bridgehead atoms. The molecule has 0 radical (unpaired) electrons. The zero-order chi connectivity index (χ0) is 22.1. The van der Waals surface area contributed by atoms with E-state index in [4.69, 9.17) is 4.74 Å². The summed E-state index contributed by atoms with van der Waals surface area (Å²) in [5.74, 6) is 0.310. The van der Waals surface area contributed by atoms with E-state index < -0.39 is 5.91 Å². The van der Waals surface area contributed by atoms with E-state index in [0.717, 1.165) is 28.0 Å². The van der Waals surface area contributed by atoms with Gasteiger partial charge in [-0.25, -0.2) is 0 Å². The van der Waals surface area contributed by atoms with Gasteiger partial charge in [-0.1, -0.05) is 60.2 Å². The van der Waals surface area contributed by atoms with Crippen molar-refractivity contribution in [2.24, 2.45) is 0 Å². The van der Waals surface area contributed by atoms with Crippen molar-refractivity contribution in [3.05, 3.63) is 113 Å². The van der Waals surface area contributed by atoms with E-state index in [2.05, 4.69) is 11.9 Å². The van der Waals surface area contributed by atoms with Crippen LogP contribution in [0.2, 0.25) is 0 Å². The summed E-state index contributed by atoms with van der Waals surface area (Å²) in [4.78, 5) is 12.5. The number of aryl methyl sites for hydroxylation is 1. The van der Waals surface area contributed by atoms with Crippen molar-refractivity contribution < 1.29 is 9.53 Å². The Balaban J connectivity index is 1.78. The number of benzene rings is 3. The minimum atomic E-state index is -0.443. The van der Waals surface area contributed by atoms with E-state index in [1.807, 2.05) is 85.8 Å². The maximum Gasteiger partial charge on any atom is 0.266 e. The van der Waals surface area contributed by atoms with Crippen LogP contribution in [0.3, 0.4) is 0 Å². The highest BCUT2D eigenvalue weighted by Crippen LogP contribution is 2.24. The molecule has 0 heterocycles. The lowest BCUT2D eigenvalue weighted by molar-refractivity contribution is -0.112. The Hall–Kier alpha value is -4.10. The molecule has 3 aromatic rings. The number of allylic oxidation sites excluding steroid dienone is 1. The van der Waals surface area contributed by atoms with Gasteiger partial charge in [-0.2, -0.15) is 5.26 Å². The van der Waals surface area contributed by atoms with Crippen molar-refractivity contribution in [2.75, 3.05) is 5.32 Å². The zero-order valence-electron chi connectivity index (χ0n) is 17.5. The molecule has 3 rings (SSSR count). The van der Waals surface area contributed by atoms with E-state index in [1.54, 1.807) is 12.2 Å². The van der Waals surface area contributed by atoms with Crippen LogP contribution in [0.5, 0.6) is 5.75 Å². The Morgan fingerprint density at radius 3 is 2.52 bits per heavy atom. The third-order valence-corrected chi connectivity index (χ3v) is 4.67. The Morgan fingerprint density at radius 1 is 1.10 bits per heavy atom. The summed E-state index contributed by atoms with van der Waals surface area (Å²) in [6, 6.07) is 25.0. The highest BCUT2D eigenvalue weighted by atomic mass is 16.5. The van der Waals surface area contributed by atoms with Gasteiger partial charge in [-0.05, 0) is 60.4 Å². The van der Waals surface area contributed by atoms with Gasteiger partial charge in [0.15, 0.2) is 0 Å². The van der Waals surface area contributed by atoms with Crippen molar-refractivity contribution in [1.82, 2.24) is 0 Å². The molecule has 0 saturated carbocycles. The van der Waals surface area contributed by atoms with Crippen LogP contribution < -0.4 is 10.1 Å². The standard InChI is InChI=1S/C27H24N2O2/c1-3-7-23-16-22(12-15-26(23)31-19-21-8-5-4-6-9-21)17-24(18-28)27(30)29-25-13-10-20(2)11-14-25/h3-6,8-17H,1,7,19H2,2H3,(H,29,30)/b24-17-. The van der Waals surface area contributed by atoms with Gasteiger partial charge in [0.25, 0.3) is 5.91 Å². The summed E-state index contributed by atoms with van der Waals surface area (Å²) in [7, 11) is 0. The summed E-state index contributed by atoms with van der Waals surface area (Å²) in [6.07, 6.45) is 3.99. The largest absolute Gasteiger partial charge is 0.489 e. The monoisotopic (exact) mass is 408 g/mol. The van der Waals surface area contributed by atoms with Crippen LogP contribution in [0.25, 0.3) is 6.08 Å². The van der Waals surface area contributed by atoms with Crippen molar-refractivity contribution in [3.8, 4) is 11.8 Å². The lowest BCUT2D eigenvalue weighted by atomic mass is 10.0. The van der Waals surface area contributed by atoms with Crippen LogP contribution in [0.15, 0.2) is 91.0 Å². The van der Waals surface area contributed by atoms with Crippen molar-refractivity contribution >= 4 is 17.7 Å². The van der Waals surface area contributed by atoms with Gasteiger partial charge in [-0.3, -0.25) is 4.79 Å². The normalized spacial score (nSPS) is 10.8. The number of nitrogens with zero attached hydrogens (tertiary/aromatic N) is 1. The molecule has 0 aliphatic heterocycles. The summed E-state index contributed by atoms with van der Waals surface area (Å²) in [5, 5.41) is 12.3. The predicted octanol–water partition coefficient (Wildman–Crippen LogP) is 5.85. The van der Waals surface area contributed by atoms with Crippen LogP contribution in [-0.4, -0.2) is 5.91 Å². The summed E-state index contributed by atoms with van der Waals surface area (Å²) in [5.41, 5.74) is 4.54. The first-order valence-electron chi connectivity index (χ1n) is 9.99. The van der Waals surface area contributed by atoms with E-state index in [-0.39, 0.29) is 5.57 Å². The van der Waals surface area contributed by atoms with Crippen LogP contribution in [-0.2, 0) is 17.8 Å². The van der Waals surface area contributed by atoms with Crippen molar-refractivity contribution in [2.45, 2.75) is 20.0 Å². The molecule has 0 unspecified atom stereocenters. The van der Waals surface area contributed by atoms with Gasteiger partial charge in [-0.15, -0.1) is 6.58 Å². The van der Waals surface area contributed by atoms with E-state index >= 15 is 0 Å². The minimum Gasteiger partial charge on any atom is -0.489 e. The maximum absolute atomic E-state index is 12.5. The zero-order valence-corrected chi connectivity index (χ0v) is 17.5. The number of carbonyl (C=O) groups excluding carboxylic acids is 1. The van der Waals surface area contributed by atoms with Gasteiger partial charge in [0.05, 0.1) is 0 Å². The van der Waals surface area contributed by atoms with E-state index in [1.165, 1.54) is 0 Å². The fourth-order valence-corrected chi connectivity index (χ4v) is 3.03. The van der Waals surface area contributed by atoms with Gasteiger partial charge in [0.2, 0.25) is 0 Å². The first kappa shape index (κ1) is 21.6. The molecule has 154 valence electrons. The molecule has 3 aromatic carbocycles. The highest BCUT2D eigenvalue weighted by molar-refractivity contribution is 6.09. The average molecular weight is 409 g/mol. The Labute approximate surface area is 183 Å². The van der Waals surface area contributed by atoms with Crippen molar-refractivity contribution in [1.29, 1.82) is 5.26 Å². The third kappa shape index (κ3) is 6.19. The second-order valence-corrected chi connectivity index (χ2v) is 7.12. The quantitative estimate of drug-likeness (QED) is 0.289. The SMILES string of the molecule is C=CCc1cc(/C=C(/C#N)C(=O)Nc2ccc(C)cc2)ccc1OCc1ccccc1. The van der Waals surface area contributed by atoms with Gasteiger partial charge >= 0.3 is 0 Å². The molecule has 1 amide bonds. The number of hydrogen-bond donors (Lipinski definition) is 1. The highest BCUT2D eigenvalue weighted by Gasteiger charge is 2.11. The van der Waals surface area contributed by atoms with Gasteiger partial charge in [0.1, 0.15) is 24.0 Å². The lowest BCUT2D eigenvalue weighted by Gasteiger charge is -2.12. The lowest BCUT2D eigenvalue weighted by Crippen LogP contribution is -2.13. The molecule has 1 N–H and O–H groups in total. The molecule has 0 fully saturated rings. The molecule has 4 heteroatoms. The number of amides is 1. The van der Waals surface area contributed by atoms with E-state index in [0.29, 0.717) is 18.7 Å². The molecule has 0 aliphatic rings. The molecular weight excluding hydrogens is 384 g/mol. The maximum atomic E-state index is 12.5. The second kappa shape index (κ2) is 10.6. The Morgan fingerprint density at radius 2 is 1.84 bits per heavy atom. The van der Waals surface area contributed by atoms with Crippen LogP contribution in [0.4, 0.5) is 5.69 Å². The summed E-state index contributed by atoms with van der Waals surface area (Å²) in [6.45, 7) is 6.25. The first-order valence-corrected chi connectivity index (χ1v) is 9.99. The third-order valence-electron chi connectivity index (χ3n) is 4.67. The molecule has 4 nitrogen and oxygen atoms in total. The van der Waals surface area contributed by atoms with Gasteiger partial charge in [0, 0.05) is 5.69 Å². The first-order chi connectivity index (χ1) is 15.1. The van der Waals surface area contributed by atoms with E-state index in [9.17, 15) is 10.1 Å². The fraction of sp³-hybridized carbons (Fsp3) is 0.111.